The van der Waals surface area contributed by atoms with E-state index in [2.05, 4.69) is 62.0 Å². The van der Waals surface area contributed by atoms with Crippen LogP contribution in [-0.2, 0) is 47.8 Å². The van der Waals surface area contributed by atoms with Gasteiger partial charge in [-0.05, 0) is 155 Å². The molecule has 0 amide bonds. The molecule has 4 aliphatic heterocycles. The number of hydrogen-bond acceptors (Lipinski definition) is 10. The minimum absolute atomic E-state index is 0.0257. The maximum Gasteiger partial charge on any atom is 0.308 e. The van der Waals surface area contributed by atoms with Crippen LogP contribution in [0.2, 0.25) is 0 Å². The van der Waals surface area contributed by atoms with Crippen LogP contribution in [0.1, 0.15) is 172 Å². The van der Waals surface area contributed by atoms with Crippen LogP contribution < -0.4 is 0 Å². The topological polar surface area (TPSA) is 116 Å². The highest BCUT2D eigenvalue weighted by atomic mass is 17.3. The van der Waals surface area contributed by atoms with E-state index in [0.29, 0.717) is 48.5 Å². The molecule has 0 unspecified atom stereocenters. The minimum Gasteiger partial charge on any atom is -0.465 e. The third-order valence-electron chi connectivity index (χ3n) is 20.9. The second kappa shape index (κ2) is 15.0. The number of carbonyl (C=O) groups excluding carboxylic acids is 3. The van der Waals surface area contributed by atoms with Crippen molar-refractivity contribution in [1.82, 2.24) is 0 Å². The van der Waals surface area contributed by atoms with Gasteiger partial charge in [0.2, 0.25) is 12.1 Å². The fourth-order valence-corrected chi connectivity index (χ4v) is 17.6. The third kappa shape index (κ3) is 6.52. The molecular weight excluding hydrogens is 773 g/mol. The lowest BCUT2D eigenvalue weighted by Crippen LogP contribution is -2.70. The van der Waals surface area contributed by atoms with Gasteiger partial charge in [-0.1, -0.05) is 60.6 Å². The highest BCUT2D eigenvalue weighted by Crippen LogP contribution is 2.77. The first-order valence-electron chi connectivity index (χ1n) is 24.5. The summed E-state index contributed by atoms with van der Waals surface area (Å²) in [5.41, 5.74) is 0.937. The first kappa shape index (κ1) is 44.2. The van der Waals surface area contributed by atoms with Crippen LogP contribution in [-0.4, -0.2) is 54.6 Å². The third-order valence-corrected chi connectivity index (χ3v) is 20.9. The van der Waals surface area contributed by atoms with Crippen LogP contribution in [0.25, 0.3) is 0 Å². The molecule has 2 bridgehead atoms. The number of hydrogen-bond donors (Lipinski definition) is 0. The van der Waals surface area contributed by atoms with Gasteiger partial charge >= 0.3 is 17.9 Å². The van der Waals surface area contributed by atoms with Gasteiger partial charge in [0.25, 0.3) is 0 Å². The molecule has 10 fully saturated rings. The molecule has 0 aromatic rings. The first-order chi connectivity index (χ1) is 28.6. The first-order valence-corrected chi connectivity index (χ1v) is 24.5. The van der Waals surface area contributed by atoms with E-state index < -0.39 is 29.9 Å². The summed E-state index contributed by atoms with van der Waals surface area (Å²) in [6.07, 6.45) is 13.0. The zero-order valence-electron chi connectivity index (χ0n) is 39.2. The quantitative estimate of drug-likeness (QED) is 0.101. The second-order valence-electron chi connectivity index (χ2n) is 23.9. The summed E-state index contributed by atoms with van der Waals surface area (Å²) in [4.78, 5) is 51.4. The average Bonchev–Trinajstić information content (AvgIpc) is 3.44. The molecule has 0 aromatic heterocycles. The van der Waals surface area contributed by atoms with Crippen LogP contribution in [0.5, 0.6) is 0 Å². The van der Waals surface area contributed by atoms with Gasteiger partial charge in [0.05, 0.1) is 19.4 Å². The monoisotopic (exact) mass is 851 g/mol. The van der Waals surface area contributed by atoms with Crippen LogP contribution in [0.3, 0.4) is 0 Å². The molecule has 10 aliphatic rings. The molecule has 10 rings (SSSR count). The van der Waals surface area contributed by atoms with E-state index in [-0.39, 0.29) is 75.7 Å². The Morgan fingerprint density at radius 3 is 2.13 bits per heavy atom. The molecular formula is C51H78O10. The van der Waals surface area contributed by atoms with Gasteiger partial charge in [0.15, 0.2) is 11.9 Å². The summed E-state index contributed by atoms with van der Waals surface area (Å²) in [5.74, 6) is 1.31. The summed E-state index contributed by atoms with van der Waals surface area (Å²) in [6.45, 7) is 27.6. The van der Waals surface area contributed by atoms with Crippen molar-refractivity contribution < 1.29 is 47.8 Å². The van der Waals surface area contributed by atoms with E-state index in [1.54, 1.807) is 6.92 Å². The van der Waals surface area contributed by atoms with Crippen molar-refractivity contribution in [2.24, 2.45) is 80.3 Å². The highest BCUT2D eigenvalue weighted by Gasteiger charge is 2.72. The van der Waals surface area contributed by atoms with Crippen molar-refractivity contribution in [3.05, 3.63) is 12.2 Å². The number of ether oxygens (including phenoxy) is 5. The average molecular weight is 851 g/mol. The minimum atomic E-state index is -0.906. The number of fused-ring (bicyclic) bond motifs is 9. The smallest absolute Gasteiger partial charge is 0.308 e. The van der Waals surface area contributed by atoms with Crippen molar-refractivity contribution in [3.63, 3.8) is 0 Å². The Morgan fingerprint density at radius 2 is 1.41 bits per heavy atom. The standard InChI is InChI=1S/C51H78O10/c1-29(2)33-18-25-50(28-55-32(5)52)27-26-47(9)36(42(33)50)14-15-38-46(8)22-21-39(45(6,7)37(46)20-23-48(38,47)10)56-40(53)16-17-41(54)57-43-31(4)35-13-12-30(3)34-19-24-49(11)59-44(58-43)51(34,35)61-60-49/h30-31,33-39,42-44H,1,12-28H2,2-11H3/t30-,31-,33+,34+,35+,36-,37+,38-,39+,42-,43-,44-,46+,47-,48-,49-,50-,51-/m1/s1. The van der Waals surface area contributed by atoms with E-state index in [1.807, 2.05) is 6.92 Å². The van der Waals surface area contributed by atoms with E-state index >= 15 is 0 Å². The fraction of sp³-hybridized carbons (Fsp3) is 0.902. The lowest BCUT2D eigenvalue weighted by molar-refractivity contribution is -0.576. The van der Waals surface area contributed by atoms with E-state index in [1.165, 1.54) is 31.3 Å². The second-order valence-corrected chi connectivity index (χ2v) is 23.9. The van der Waals surface area contributed by atoms with Crippen molar-refractivity contribution in [1.29, 1.82) is 0 Å². The van der Waals surface area contributed by atoms with Gasteiger partial charge in [0.1, 0.15) is 6.10 Å². The predicted octanol–water partition coefficient (Wildman–Crippen LogP) is 10.7. The largest absolute Gasteiger partial charge is 0.465 e. The molecule has 4 heterocycles. The lowest BCUT2D eigenvalue weighted by atomic mass is 9.32. The zero-order valence-corrected chi connectivity index (χ0v) is 39.2. The molecule has 0 N–H and O–H groups in total. The fourth-order valence-electron chi connectivity index (χ4n) is 17.6. The van der Waals surface area contributed by atoms with E-state index in [4.69, 9.17) is 33.5 Å². The SMILES string of the molecule is C=C(C)[C@@H]1CC[C@]2(COC(C)=O)CC[C@]3(C)[C@H](CC[C@@H]4[C@@]5(C)CC[C@H](OC(=O)CCC(=O)O[C@@H]6O[C@@H]7O[C@@]8(C)CC[C@H]9[C@H](C)CC[C@@H]([C@H]6C)[C@@]79OO8)C(C)(C)[C@@H]5CC[C@]43C)[C@@H]12. The number of carbonyl (C=O) groups is 3. The maximum absolute atomic E-state index is 13.6. The van der Waals surface area contributed by atoms with Crippen molar-refractivity contribution in [2.45, 2.75) is 202 Å². The van der Waals surface area contributed by atoms with Gasteiger partial charge in [-0.15, -0.1) is 0 Å². The summed E-state index contributed by atoms with van der Waals surface area (Å²) < 4.78 is 31.2. The number of rotatable bonds is 8. The molecule has 342 valence electrons. The lowest BCUT2D eigenvalue weighted by Gasteiger charge is -2.73. The summed E-state index contributed by atoms with van der Waals surface area (Å²) in [7, 11) is 0. The molecule has 18 atom stereocenters. The zero-order chi connectivity index (χ0) is 43.7. The molecule has 10 nitrogen and oxygen atoms in total. The molecule has 6 saturated carbocycles. The van der Waals surface area contributed by atoms with Gasteiger partial charge < -0.3 is 23.7 Å². The van der Waals surface area contributed by atoms with E-state index in [9.17, 15) is 14.4 Å². The van der Waals surface area contributed by atoms with Crippen LogP contribution >= 0.6 is 0 Å². The molecule has 0 radical (unpaired) electrons. The van der Waals surface area contributed by atoms with Gasteiger partial charge in [-0.2, -0.15) is 0 Å². The van der Waals surface area contributed by atoms with Crippen molar-refractivity contribution in [3.8, 4) is 0 Å². The normalized spacial score (nSPS) is 51.6. The molecule has 0 aromatic carbocycles. The molecule has 4 saturated heterocycles. The highest BCUT2D eigenvalue weighted by molar-refractivity contribution is 5.77. The Balaban J connectivity index is 0.837. The molecule has 10 heteroatoms. The van der Waals surface area contributed by atoms with Gasteiger partial charge in [-0.25, -0.2) is 9.78 Å². The molecule has 61 heavy (non-hydrogen) atoms. The Morgan fingerprint density at radius 1 is 0.689 bits per heavy atom. The van der Waals surface area contributed by atoms with Crippen LogP contribution in [0, 0.1) is 80.3 Å². The van der Waals surface area contributed by atoms with Crippen LogP contribution in [0.15, 0.2) is 12.2 Å². The molecule has 6 aliphatic carbocycles. The Bertz CT molecular complexity index is 1780. The summed E-state index contributed by atoms with van der Waals surface area (Å²) in [6, 6.07) is 0. The predicted molar refractivity (Wildman–Crippen MR) is 228 cm³/mol. The van der Waals surface area contributed by atoms with Gasteiger partial charge in [0, 0.05) is 36.0 Å². The Kier molecular flexibility index (Phi) is 10.9. The summed E-state index contributed by atoms with van der Waals surface area (Å²) in [5, 5.41) is 0. The number of esters is 3. The van der Waals surface area contributed by atoms with Crippen LogP contribution in [0.4, 0.5) is 0 Å². The van der Waals surface area contributed by atoms with Crippen molar-refractivity contribution in [2.75, 3.05) is 6.61 Å². The summed E-state index contributed by atoms with van der Waals surface area (Å²) >= 11 is 0. The van der Waals surface area contributed by atoms with E-state index in [0.717, 1.165) is 57.8 Å². The van der Waals surface area contributed by atoms with Crippen molar-refractivity contribution >= 4 is 17.9 Å². The number of allylic oxidation sites excluding steroid dienone is 1. The maximum atomic E-state index is 13.6. The Hall–Kier alpha value is -2.01. The Labute approximate surface area is 365 Å². The molecule has 1 spiro atoms. The van der Waals surface area contributed by atoms with Gasteiger partial charge in [-0.3, -0.25) is 14.4 Å².